The lowest BCUT2D eigenvalue weighted by Crippen LogP contribution is -1.77. The molecule has 0 N–H and O–H groups in total. The summed E-state index contributed by atoms with van der Waals surface area (Å²) < 4.78 is 0. The van der Waals surface area contributed by atoms with Crippen LogP contribution < -0.4 is 0 Å². The van der Waals surface area contributed by atoms with Gasteiger partial charge in [0.05, 0.1) is 0 Å². The highest BCUT2D eigenvalue weighted by molar-refractivity contribution is 5.87. The van der Waals surface area contributed by atoms with E-state index in [9.17, 15) is 0 Å². The van der Waals surface area contributed by atoms with Crippen molar-refractivity contribution in [3.63, 3.8) is 0 Å². The third kappa shape index (κ3) is 3.72. The van der Waals surface area contributed by atoms with E-state index in [2.05, 4.69) is 66.6 Å². The van der Waals surface area contributed by atoms with E-state index < -0.39 is 0 Å². The molecule has 4 aromatic carbocycles. The molecule has 4 aromatic rings. The Morgan fingerprint density at radius 1 is 0.500 bits per heavy atom. The molecule has 0 spiro atoms. The molecule has 0 bridgehead atoms. The van der Waals surface area contributed by atoms with Gasteiger partial charge in [0.15, 0.2) is 0 Å². The highest BCUT2D eigenvalue weighted by atomic mass is 14.0. The Hall–Kier alpha value is -3.30. The topological polar surface area (TPSA) is 0 Å². The Bertz CT molecular complexity index is 902. The molecule has 0 aliphatic rings. The van der Waals surface area contributed by atoms with Gasteiger partial charge in [0, 0.05) is 5.56 Å². The quantitative estimate of drug-likeness (QED) is 0.369. The van der Waals surface area contributed by atoms with Crippen molar-refractivity contribution in [2.45, 2.75) is 0 Å². The van der Waals surface area contributed by atoms with E-state index in [0.29, 0.717) is 0 Å². The first-order valence-corrected chi connectivity index (χ1v) is 7.93. The van der Waals surface area contributed by atoms with Crippen molar-refractivity contribution in [2.24, 2.45) is 0 Å². The largest absolute Gasteiger partial charge is 0.115 e. The second-order valence-electron chi connectivity index (χ2n) is 5.40. The van der Waals surface area contributed by atoms with E-state index in [4.69, 9.17) is 6.42 Å². The van der Waals surface area contributed by atoms with Crippen molar-refractivity contribution in [2.75, 3.05) is 0 Å². The maximum absolute atomic E-state index is 5.37. The van der Waals surface area contributed by atoms with Gasteiger partial charge in [-0.2, -0.15) is 0 Å². The maximum Gasteiger partial charge on any atom is 0.0321 e. The third-order valence-corrected chi connectivity index (χ3v) is 3.83. The van der Waals surface area contributed by atoms with Gasteiger partial charge in [-0.1, -0.05) is 103 Å². The van der Waals surface area contributed by atoms with Gasteiger partial charge in [-0.25, -0.2) is 0 Å². The molecule has 0 aliphatic carbocycles. The number of terminal acetylenes is 1. The Kier molecular flexibility index (Phi) is 5.07. The number of hydrogen-bond donors (Lipinski definition) is 0. The lowest BCUT2D eigenvalue weighted by molar-refractivity contribution is 1.62. The first-order chi connectivity index (χ1) is 11.9. The molecule has 0 atom stereocenters. The predicted molar refractivity (Wildman–Crippen MR) is 104 cm³/mol. The molecule has 114 valence electrons. The molecule has 24 heavy (non-hydrogen) atoms. The smallest absolute Gasteiger partial charge is 0.0321 e. The van der Waals surface area contributed by atoms with Crippen LogP contribution in [-0.4, -0.2) is 0 Å². The van der Waals surface area contributed by atoms with Crippen LogP contribution in [0.15, 0.2) is 103 Å². The van der Waals surface area contributed by atoms with Crippen LogP contribution in [0.25, 0.3) is 21.9 Å². The highest BCUT2D eigenvalue weighted by Gasteiger charge is 1.94. The Morgan fingerprint density at radius 3 is 1.58 bits per heavy atom. The zero-order valence-corrected chi connectivity index (χ0v) is 13.4. The SMILES string of the molecule is C#Cc1cccc2ccccc12.c1ccc(-c2ccccc2)cc1. The van der Waals surface area contributed by atoms with Crippen LogP contribution in [0.4, 0.5) is 0 Å². The molecule has 0 heteroatoms. The molecule has 0 saturated carbocycles. The zero-order chi connectivity index (χ0) is 16.6. The van der Waals surface area contributed by atoms with Crippen LogP contribution in [0.2, 0.25) is 0 Å². The molecule has 0 unspecified atom stereocenters. The normalized spacial score (nSPS) is 9.62. The molecule has 0 fully saturated rings. The molecule has 4 rings (SSSR count). The minimum atomic E-state index is 0.966. The van der Waals surface area contributed by atoms with Gasteiger partial charge in [-0.05, 0) is 28.0 Å². The van der Waals surface area contributed by atoms with Gasteiger partial charge in [0.25, 0.3) is 0 Å². The highest BCUT2D eigenvalue weighted by Crippen LogP contribution is 2.17. The van der Waals surface area contributed by atoms with Gasteiger partial charge in [-0.3, -0.25) is 0 Å². The molecule has 0 saturated heterocycles. The van der Waals surface area contributed by atoms with E-state index in [1.54, 1.807) is 0 Å². The number of rotatable bonds is 1. The van der Waals surface area contributed by atoms with E-state index in [-0.39, 0.29) is 0 Å². The molecule has 0 heterocycles. The van der Waals surface area contributed by atoms with Crippen molar-refractivity contribution in [3.05, 3.63) is 109 Å². The van der Waals surface area contributed by atoms with Crippen molar-refractivity contribution in [1.29, 1.82) is 0 Å². The van der Waals surface area contributed by atoms with Crippen LogP contribution >= 0.6 is 0 Å². The predicted octanol–water partition coefficient (Wildman–Crippen LogP) is 6.17. The lowest BCUT2D eigenvalue weighted by atomic mass is 10.1. The van der Waals surface area contributed by atoms with Crippen LogP contribution in [0, 0.1) is 12.3 Å². The monoisotopic (exact) mass is 306 g/mol. The summed E-state index contributed by atoms with van der Waals surface area (Å²) in [5.41, 5.74) is 3.52. The van der Waals surface area contributed by atoms with Crippen LogP contribution in [0.5, 0.6) is 0 Å². The first-order valence-electron chi connectivity index (χ1n) is 7.93. The number of benzene rings is 4. The molecule has 0 nitrogen and oxygen atoms in total. The summed E-state index contributed by atoms with van der Waals surface area (Å²) in [5.74, 6) is 2.67. The summed E-state index contributed by atoms with van der Waals surface area (Å²) in [6.07, 6.45) is 5.37. The zero-order valence-electron chi connectivity index (χ0n) is 13.4. The summed E-state index contributed by atoms with van der Waals surface area (Å²) in [6.45, 7) is 0. The third-order valence-electron chi connectivity index (χ3n) is 3.83. The fourth-order valence-corrected chi connectivity index (χ4v) is 2.61. The van der Waals surface area contributed by atoms with Gasteiger partial charge in [0.2, 0.25) is 0 Å². The van der Waals surface area contributed by atoms with E-state index in [1.165, 1.54) is 16.5 Å². The number of hydrogen-bond acceptors (Lipinski definition) is 0. The molecular weight excluding hydrogens is 288 g/mol. The molecule has 0 radical (unpaired) electrons. The van der Waals surface area contributed by atoms with Crippen molar-refractivity contribution in [1.82, 2.24) is 0 Å². The average molecular weight is 306 g/mol. The van der Waals surface area contributed by atoms with Gasteiger partial charge >= 0.3 is 0 Å². The Labute approximate surface area is 143 Å². The average Bonchev–Trinajstić information content (AvgIpc) is 2.69. The Balaban J connectivity index is 0.000000141. The van der Waals surface area contributed by atoms with Crippen LogP contribution in [0.1, 0.15) is 5.56 Å². The maximum atomic E-state index is 5.37. The van der Waals surface area contributed by atoms with E-state index in [0.717, 1.165) is 10.9 Å². The lowest BCUT2D eigenvalue weighted by Gasteiger charge is -1.98. The summed E-state index contributed by atoms with van der Waals surface area (Å²) in [5, 5.41) is 2.36. The number of fused-ring (bicyclic) bond motifs is 1. The Morgan fingerprint density at radius 2 is 1.00 bits per heavy atom. The second-order valence-corrected chi connectivity index (χ2v) is 5.40. The van der Waals surface area contributed by atoms with Gasteiger partial charge in [0.1, 0.15) is 0 Å². The van der Waals surface area contributed by atoms with Crippen LogP contribution in [-0.2, 0) is 0 Å². The standard InChI is InChI=1S/C12H10.C12H8/c1-3-7-11(8-4-1)12-9-5-2-6-10-12;1-2-10-7-5-8-11-6-3-4-9-12(10)11/h1-10H;1,3-9H. The summed E-state index contributed by atoms with van der Waals surface area (Å²) in [4.78, 5) is 0. The summed E-state index contributed by atoms with van der Waals surface area (Å²) >= 11 is 0. The second kappa shape index (κ2) is 7.81. The fourth-order valence-electron chi connectivity index (χ4n) is 2.61. The summed E-state index contributed by atoms with van der Waals surface area (Å²) in [7, 11) is 0. The molecule has 0 amide bonds. The van der Waals surface area contributed by atoms with E-state index in [1.807, 2.05) is 42.5 Å². The van der Waals surface area contributed by atoms with Crippen molar-refractivity contribution in [3.8, 4) is 23.5 Å². The molecular formula is C24H18. The fraction of sp³-hybridized carbons (Fsp3) is 0. The molecule has 0 aromatic heterocycles. The van der Waals surface area contributed by atoms with Crippen molar-refractivity contribution >= 4 is 10.8 Å². The summed E-state index contributed by atoms with van der Waals surface area (Å²) in [6, 6.07) is 34.9. The van der Waals surface area contributed by atoms with Gasteiger partial charge in [-0.15, -0.1) is 6.42 Å². The first kappa shape index (κ1) is 15.6. The minimum absolute atomic E-state index is 0.966. The minimum Gasteiger partial charge on any atom is -0.115 e. The van der Waals surface area contributed by atoms with Crippen molar-refractivity contribution < 1.29 is 0 Å². The van der Waals surface area contributed by atoms with Gasteiger partial charge < -0.3 is 0 Å². The molecule has 0 aliphatic heterocycles. The van der Waals surface area contributed by atoms with E-state index >= 15 is 0 Å². The van der Waals surface area contributed by atoms with Crippen LogP contribution in [0.3, 0.4) is 0 Å².